The van der Waals surface area contributed by atoms with Gasteiger partial charge in [0, 0.05) is 12.0 Å². The monoisotopic (exact) mass is 243 g/mol. The number of benzene rings is 1. The highest BCUT2D eigenvalue weighted by molar-refractivity contribution is 6.33. The SMILES string of the molecule is CCC(CN)CC(=O)c1cc(F)ccc1Cl. The van der Waals surface area contributed by atoms with Crippen LogP contribution in [0.5, 0.6) is 0 Å². The molecule has 1 rings (SSSR count). The molecule has 4 heteroatoms. The molecule has 16 heavy (non-hydrogen) atoms. The van der Waals surface area contributed by atoms with Crippen LogP contribution in [0.3, 0.4) is 0 Å². The summed E-state index contributed by atoms with van der Waals surface area (Å²) >= 11 is 5.84. The number of hydrogen-bond acceptors (Lipinski definition) is 2. The Kier molecular flexibility index (Phi) is 4.90. The third-order valence-electron chi connectivity index (χ3n) is 2.61. The predicted octanol–water partition coefficient (Wildman–Crippen LogP) is 3.04. The van der Waals surface area contributed by atoms with E-state index in [9.17, 15) is 9.18 Å². The van der Waals surface area contributed by atoms with E-state index >= 15 is 0 Å². The van der Waals surface area contributed by atoms with Gasteiger partial charge in [0.1, 0.15) is 5.82 Å². The minimum Gasteiger partial charge on any atom is -0.330 e. The lowest BCUT2D eigenvalue weighted by Crippen LogP contribution is -2.17. The van der Waals surface area contributed by atoms with E-state index in [-0.39, 0.29) is 17.3 Å². The number of carbonyl (C=O) groups is 1. The van der Waals surface area contributed by atoms with Gasteiger partial charge in [-0.25, -0.2) is 4.39 Å². The summed E-state index contributed by atoms with van der Waals surface area (Å²) in [5, 5.41) is 0.290. The molecule has 88 valence electrons. The summed E-state index contributed by atoms with van der Waals surface area (Å²) < 4.78 is 13.0. The van der Waals surface area contributed by atoms with E-state index in [0.717, 1.165) is 6.42 Å². The minimum absolute atomic E-state index is 0.131. The van der Waals surface area contributed by atoms with Gasteiger partial charge in [0.2, 0.25) is 0 Å². The van der Waals surface area contributed by atoms with Crippen molar-refractivity contribution in [3.05, 3.63) is 34.6 Å². The molecule has 0 fully saturated rings. The molecule has 0 amide bonds. The minimum atomic E-state index is -0.450. The first kappa shape index (κ1) is 13.1. The molecule has 1 aromatic carbocycles. The standard InChI is InChI=1S/C12H15ClFNO/c1-2-8(7-15)5-12(16)10-6-9(14)3-4-11(10)13/h3-4,6,8H,2,5,7,15H2,1H3. The lowest BCUT2D eigenvalue weighted by molar-refractivity contribution is 0.0961. The molecule has 0 aromatic heterocycles. The molecule has 0 aliphatic carbocycles. The van der Waals surface area contributed by atoms with Gasteiger partial charge in [0.15, 0.2) is 5.78 Å². The maximum Gasteiger partial charge on any atom is 0.164 e. The predicted molar refractivity (Wildman–Crippen MR) is 63.2 cm³/mol. The van der Waals surface area contributed by atoms with Gasteiger partial charge in [0.25, 0.3) is 0 Å². The average molecular weight is 244 g/mol. The van der Waals surface area contributed by atoms with E-state index in [1.165, 1.54) is 18.2 Å². The van der Waals surface area contributed by atoms with E-state index in [2.05, 4.69) is 0 Å². The Balaban J connectivity index is 2.83. The average Bonchev–Trinajstić information content (AvgIpc) is 2.28. The smallest absolute Gasteiger partial charge is 0.164 e. The first-order valence-electron chi connectivity index (χ1n) is 5.26. The van der Waals surface area contributed by atoms with Crippen LogP contribution in [0.25, 0.3) is 0 Å². The fourth-order valence-corrected chi connectivity index (χ4v) is 1.70. The third kappa shape index (κ3) is 3.29. The second-order valence-corrected chi connectivity index (χ2v) is 4.17. The summed E-state index contributed by atoms with van der Waals surface area (Å²) in [5.41, 5.74) is 5.76. The first-order chi connectivity index (χ1) is 7.58. The van der Waals surface area contributed by atoms with Gasteiger partial charge in [-0.05, 0) is 30.7 Å². The van der Waals surface area contributed by atoms with Crippen molar-refractivity contribution in [3.8, 4) is 0 Å². The summed E-state index contributed by atoms with van der Waals surface area (Å²) in [6.45, 7) is 2.42. The Morgan fingerprint density at radius 1 is 1.56 bits per heavy atom. The highest BCUT2D eigenvalue weighted by Crippen LogP contribution is 2.21. The number of carbonyl (C=O) groups excluding carboxylic acids is 1. The van der Waals surface area contributed by atoms with Crippen LogP contribution in [0, 0.1) is 11.7 Å². The Bertz CT molecular complexity index is 377. The van der Waals surface area contributed by atoms with Crippen molar-refractivity contribution in [1.82, 2.24) is 0 Å². The van der Waals surface area contributed by atoms with Crippen LogP contribution in [0.2, 0.25) is 5.02 Å². The summed E-state index contributed by atoms with van der Waals surface area (Å²) in [6.07, 6.45) is 1.14. The van der Waals surface area contributed by atoms with Gasteiger partial charge in [0.05, 0.1) is 5.02 Å². The van der Waals surface area contributed by atoms with Gasteiger partial charge >= 0.3 is 0 Å². The van der Waals surface area contributed by atoms with Crippen molar-refractivity contribution >= 4 is 17.4 Å². The summed E-state index contributed by atoms with van der Waals surface area (Å²) in [7, 11) is 0. The van der Waals surface area contributed by atoms with Gasteiger partial charge in [-0.1, -0.05) is 24.9 Å². The van der Waals surface area contributed by atoms with E-state index < -0.39 is 5.82 Å². The molecule has 1 unspecified atom stereocenters. The highest BCUT2D eigenvalue weighted by Gasteiger charge is 2.15. The summed E-state index contributed by atoms with van der Waals surface area (Å²) in [6, 6.07) is 3.81. The quantitative estimate of drug-likeness (QED) is 0.808. The molecule has 0 bridgehead atoms. The van der Waals surface area contributed by atoms with Crippen LogP contribution in [0.4, 0.5) is 4.39 Å². The van der Waals surface area contributed by atoms with Crippen LogP contribution < -0.4 is 5.73 Å². The van der Waals surface area contributed by atoms with E-state index in [0.29, 0.717) is 18.0 Å². The number of Topliss-reactive ketones (excluding diaryl/α,β-unsaturated/α-hetero) is 1. The lowest BCUT2D eigenvalue weighted by atomic mass is 9.96. The van der Waals surface area contributed by atoms with Crippen molar-refractivity contribution in [3.63, 3.8) is 0 Å². The number of rotatable bonds is 5. The van der Waals surface area contributed by atoms with E-state index in [4.69, 9.17) is 17.3 Å². The normalized spacial score (nSPS) is 12.5. The van der Waals surface area contributed by atoms with Crippen LogP contribution in [-0.4, -0.2) is 12.3 Å². The summed E-state index contributed by atoms with van der Waals surface area (Å²) in [4.78, 5) is 11.8. The van der Waals surface area contributed by atoms with Crippen LogP contribution in [0.15, 0.2) is 18.2 Å². The molecule has 0 spiro atoms. The fraction of sp³-hybridized carbons (Fsp3) is 0.417. The molecule has 0 saturated heterocycles. The fourth-order valence-electron chi connectivity index (χ4n) is 1.48. The van der Waals surface area contributed by atoms with Crippen molar-refractivity contribution in [2.45, 2.75) is 19.8 Å². The number of halogens is 2. The zero-order chi connectivity index (χ0) is 12.1. The second kappa shape index (κ2) is 5.97. The van der Waals surface area contributed by atoms with Crippen LogP contribution in [0.1, 0.15) is 30.1 Å². The van der Waals surface area contributed by atoms with Gasteiger partial charge in [-0.2, -0.15) is 0 Å². The molecule has 2 nitrogen and oxygen atoms in total. The maximum absolute atomic E-state index is 13.0. The van der Waals surface area contributed by atoms with Gasteiger partial charge < -0.3 is 5.73 Å². The maximum atomic E-state index is 13.0. The molecular formula is C12H15ClFNO. The molecule has 2 N–H and O–H groups in total. The molecule has 0 radical (unpaired) electrons. The number of nitrogens with two attached hydrogens (primary N) is 1. The van der Waals surface area contributed by atoms with E-state index in [1.807, 2.05) is 6.92 Å². The van der Waals surface area contributed by atoms with Crippen LogP contribution in [-0.2, 0) is 0 Å². The zero-order valence-corrected chi connectivity index (χ0v) is 9.93. The zero-order valence-electron chi connectivity index (χ0n) is 9.17. The lowest BCUT2D eigenvalue weighted by Gasteiger charge is -2.11. The Morgan fingerprint density at radius 2 is 2.25 bits per heavy atom. The molecule has 0 saturated carbocycles. The molecule has 0 aliphatic heterocycles. The largest absolute Gasteiger partial charge is 0.330 e. The van der Waals surface area contributed by atoms with Crippen molar-refractivity contribution in [2.75, 3.05) is 6.54 Å². The Labute approximate surface area is 99.6 Å². The highest BCUT2D eigenvalue weighted by atomic mass is 35.5. The number of ketones is 1. The third-order valence-corrected chi connectivity index (χ3v) is 2.94. The molecule has 0 aliphatic rings. The second-order valence-electron chi connectivity index (χ2n) is 3.76. The Hall–Kier alpha value is -0.930. The molecule has 1 aromatic rings. The van der Waals surface area contributed by atoms with Gasteiger partial charge in [-0.3, -0.25) is 4.79 Å². The topological polar surface area (TPSA) is 43.1 Å². The number of hydrogen-bond donors (Lipinski definition) is 1. The van der Waals surface area contributed by atoms with Crippen molar-refractivity contribution in [2.24, 2.45) is 11.7 Å². The Morgan fingerprint density at radius 3 is 2.81 bits per heavy atom. The van der Waals surface area contributed by atoms with E-state index in [1.54, 1.807) is 0 Å². The van der Waals surface area contributed by atoms with Crippen LogP contribution >= 0.6 is 11.6 Å². The molecular weight excluding hydrogens is 229 g/mol. The van der Waals surface area contributed by atoms with Gasteiger partial charge in [-0.15, -0.1) is 0 Å². The summed E-state index contributed by atoms with van der Waals surface area (Å²) in [5.74, 6) is -0.470. The van der Waals surface area contributed by atoms with Crippen molar-refractivity contribution < 1.29 is 9.18 Å². The first-order valence-corrected chi connectivity index (χ1v) is 5.64. The van der Waals surface area contributed by atoms with Crippen molar-refractivity contribution in [1.29, 1.82) is 0 Å². The molecule has 1 atom stereocenters. The molecule has 0 heterocycles.